The second kappa shape index (κ2) is 9.49. The minimum absolute atomic E-state index is 0.0832. The van der Waals surface area contributed by atoms with E-state index in [-0.39, 0.29) is 11.8 Å². The summed E-state index contributed by atoms with van der Waals surface area (Å²) in [4.78, 5) is 29.4. The van der Waals surface area contributed by atoms with Gasteiger partial charge < -0.3 is 9.80 Å². The van der Waals surface area contributed by atoms with Crippen molar-refractivity contribution in [1.82, 2.24) is 24.7 Å². The molecule has 2 aromatic heterocycles. The monoisotopic (exact) mass is 461 g/mol. The van der Waals surface area contributed by atoms with Gasteiger partial charge in [-0.05, 0) is 30.6 Å². The first-order chi connectivity index (χ1) is 14.6. The molecule has 0 spiro atoms. The Labute approximate surface area is 185 Å². The van der Waals surface area contributed by atoms with Gasteiger partial charge in [0.15, 0.2) is 4.34 Å². The Kier molecular flexibility index (Phi) is 6.55. The maximum absolute atomic E-state index is 12.6. The summed E-state index contributed by atoms with van der Waals surface area (Å²) in [5.74, 6) is 0.0774. The van der Waals surface area contributed by atoms with Crippen LogP contribution >= 0.6 is 34.6 Å². The first kappa shape index (κ1) is 20.7. The Morgan fingerprint density at radius 2 is 1.87 bits per heavy atom. The Hall–Kier alpha value is -2.57. The molecule has 9 nitrogen and oxygen atoms in total. The number of carbonyl (C=O) groups is 2. The van der Waals surface area contributed by atoms with E-state index in [2.05, 4.69) is 42.1 Å². The number of benzene rings is 1. The van der Waals surface area contributed by atoms with Gasteiger partial charge in [0.05, 0.1) is 11.4 Å². The number of aryl methyl sites for hydroxylation is 1. The summed E-state index contributed by atoms with van der Waals surface area (Å²) in [6.45, 7) is 4.77. The van der Waals surface area contributed by atoms with Gasteiger partial charge in [-0.15, -0.1) is 15.3 Å². The highest BCUT2D eigenvalue weighted by atomic mass is 32.2. The Morgan fingerprint density at radius 1 is 1.10 bits per heavy atom. The minimum atomic E-state index is -0.303. The highest BCUT2D eigenvalue weighted by Crippen LogP contribution is 2.26. The van der Waals surface area contributed by atoms with Crippen LogP contribution in [0.25, 0.3) is 0 Å². The molecule has 0 aliphatic carbocycles. The van der Waals surface area contributed by atoms with Crippen molar-refractivity contribution in [3.8, 4) is 0 Å². The fraction of sp³-hybridized carbons (Fsp3) is 0.333. The van der Waals surface area contributed by atoms with Crippen molar-refractivity contribution in [2.45, 2.75) is 11.3 Å². The average molecular weight is 462 g/mol. The van der Waals surface area contributed by atoms with Gasteiger partial charge in [-0.25, -0.2) is 0 Å². The fourth-order valence-corrected chi connectivity index (χ4v) is 5.18. The lowest BCUT2D eigenvalue weighted by Gasteiger charge is -2.36. The van der Waals surface area contributed by atoms with Crippen LogP contribution in [0.3, 0.4) is 0 Å². The number of rotatable bonds is 6. The van der Waals surface area contributed by atoms with E-state index in [9.17, 15) is 9.59 Å². The van der Waals surface area contributed by atoms with Gasteiger partial charge in [0.25, 0.3) is 5.91 Å². The van der Waals surface area contributed by atoms with Gasteiger partial charge in [0.2, 0.25) is 11.0 Å². The van der Waals surface area contributed by atoms with E-state index in [0.29, 0.717) is 38.9 Å². The molecule has 12 heteroatoms. The number of anilines is 2. The zero-order valence-electron chi connectivity index (χ0n) is 16.1. The first-order valence-electron chi connectivity index (χ1n) is 9.24. The van der Waals surface area contributed by atoms with Gasteiger partial charge in [-0.1, -0.05) is 45.8 Å². The number of hydrogen-bond acceptors (Lipinski definition) is 10. The average Bonchev–Trinajstić information content (AvgIpc) is 3.41. The van der Waals surface area contributed by atoms with E-state index in [1.807, 2.05) is 23.1 Å². The molecular formula is C18H19N7O2S3. The molecule has 30 heavy (non-hydrogen) atoms. The summed E-state index contributed by atoms with van der Waals surface area (Å²) < 4.78 is 4.39. The second-order valence-electron chi connectivity index (χ2n) is 6.51. The number of hydrogen-bond donors (Lipinski definition) is 1. The van der Waals surface area contributed by atoms with Crippen LogP contribution in [0, 0.1) is 6.92 Å². The van der Waals surface area contributed by atoms with Crippen LogP contribution in [0.5, 0.6) is 0 Å². The van der Waals surface area contributed by atoms with Crippen molar-refractivity contribution in [2.75, 3.05) is 42.1 Å². The third kappa shape index (κ3) is 4.94. The molecule has 3 heterocycles. The largest absolute Gasteiger partial charge is 0.368 e. The van der Waals surface area contributed by atoms with Gasteiger partial charge in [0, 0.05) is 31.9 Å². The van der Waals surface area contributed by atoms with Crippen LogP contribution in [0.15, 0.2) is 34.7 Å². The van der Waals surface area contributed by atoms with Crippen LogP contribution in [0.1, 0.15) is 15.4 Å². The van der Waals surface area contributed by atoms with E-state index in [0.717, 1.165) is 24.6 Å². The molecular weight excluding hydrogens is 442 g/mol. The Morgan fingerprint density at radius 3 is 2.57 bits per heavy atom. The molecule has 0 unspecified atom stereocenters. The second-order valence-corrected chi connectivity index (χ2v) is 9.46. The van der Waals surface area contributed by atoms with Crippen LogP contribution in [-0.4, -0.2) is 68.4 Å². The van der Waals surface area contributed by atoms with Crippen LogP contribution < -0.4 is 10.2 Å². The molecule has 0 bridgehead atoms. The maximum Gasteiger partial charge on any atom is 0.271 e. The van der Waals surface area contributed by atoms with Crippen molar-refractivity contribution in [3.05, 3.63) is 40.9 Å². The van der Waals surface area contributed by atoms with Crippen molar-refractivity contribution in [3.63, 3.8) is 0 Å². The van der Waals surface area contributed by atoms with Gasteiger partial charge in [-0.2, -0.15) is 0 Å². The van der Waals surface area contributed by atoms with E-state index in [4.69, 9.17) is 0 Å². The van der Waals surface area contributed by atoms with Crippen molar-refractivity contribution in [2.24, 2.45) is 0 Å². The SMILES string of the molecule is Cc1nnsc1C(=O)Nc1nnc(SCC(=O)N2CCN(c3ccccc3)CC2)s1. The van der Waals surface area contributed by atoms with Gasteiger partial charge in [0.1, 0.15) is 4.88 Å². The molecule has 1 aromatic carbocycles. The normalized spacial score (nSPS) is 14.0. The molecule has 1 saturated heterocycles. The summed E-state index contributed by atoms with van der Waals surface area (Å²) in [5, 5.41) is 14.9. The predicted octanol–water partition coefficient (Wildman–Crippen LogP) is 2.39. The van der Waals surface area contributed by atoms with E-state index >= 15 is 0 Å². The molecule has 0 radical (unpaired) electrons. The molecule has 4 rings (SSSR count). The molecule has 0 atom stereocenters. The number of para-hydroxylation sites is 1. The summed E-state index contributed by atoms with van der Waals surface area (Å²) in [5.41, 5.74) is 1.77. The van der Waals surface area contributed by atoms with Crippen molar-refractivity contribution in [1.29, 1.82) is 0 Å². The quantitative estimate of drug-likeness (QED) is 0.441. The topological polar surface area (TPSA) is 104 Å². The molecule has 2 amide bonds. The first-order valence-corrected chi connectivity index (χ1v) is 11.8. The summed E-state index contributed by atoms with van der Waals surface area (Å²) >= 11 is 3.62. The third-order valence-corrected chi connectivity index (χ3v) is 7.34. The number of aromatic nitrogens is 4. The Bertz CT molecular complexity index is 1020. The smallest absolute Gasteiger partial charge is 0.271 e. The van der Waals surface area contributed by atoms with Gasteiger partial charge >= 0.3 is 0 Å². The lowest BCUT2D eigenvalue weighted by Crippen LogP contribution is -2.49. The number of amides is 2. The van der Waals surface area contributed by atoms with E-state index in [1.165, 1.54) is 28.8 Å². The zero-order chi connectivity index (χ0) is 20.9. The Balaban J connectivity index is 1.24. The third-order valence-electron chi connectivity index (χ3n) is 4.56. The minimum Gasteiger partial charge on any atom is -0.368 e. The van der Waals surface area contributed by atoms with Crippen LogP contribution in [-0.2, 0) is 4.79 Å². The zero-order valence-corrected chi connectivity index (χ0v) is 18.6. The maximum atomic E-state index is 12.6. The number of thioether (sulfide) groups is 1. The van der Waals surface area contributed by atoms with Crippen molar-refractivity contribution >= 4 is 57.3 Å². The van der Waals surface area contributed by atoms with E-state index < -0.39 is 0 Å². The fourth-order valence-electron chi connectivity index (χ4n) is 2.98. The summed E-state index contributed by atoms with van der Waals surface area (Å²) in [6.07, 6.45) is 0. The standard InChI is InChI=1S/C18H19N7O2S3/c1-12-15(30-23-20-12)16(27)19-17-21-22-18(29-17)28-11-14(26)25-9-7-24(8-10-25)13-5-3-2-4-6-13/h2-6H,7-11H2,1H3,(H,19,21,27). The molecule has 1 fully saturated rings. The van der Waals surface area contributed by atoms with Crippen LogP contribution in [0.2, 0.25) is 0 Å². The molecule has 1 N–H and O–H groups in total. The molecule has 3 aromatic rings. The molecule has 0 saturated carbocycles. The highest BCUT2D eigenvalue weighted by molar-refractivity contribution is 8.01. The lowest BCUT2D eigenvalue weighted by atomic mass is 10.2. The van der Waals surface area contributed by atoms with E-state index in [1.54, 1.807) is 6.92 Å². The number of carbonyl (C=O) groups excluding carboxylic acids is 2. The van der Waals surface area contributed by atoms with Gasteiger partial charge in [-0.3, -0.25) is 14.9 Å². The molecule has 1 aliphatic rings. The predicted molar refractivity (Wildman–Crippen MR) is 118 cm³/mol. The highest BCUT2D eigenvalue weighted by Gasteiger charge is 2.22. The molecule has 156 valence electrons. The van der Waals surface area contributed by atoms with Crippen LogP contribution in [0.4, 0.5) is 10.8 Å². The summed E-state index contributed by atoms with van der Waals surface area (Å²) in [6, 6.07) is 10.2. The van der Waals surface area contributed by atoms with Crippen molar-refractivity contribution < 1.29 is 9.59 Å². The number of nitrogens with zero attached hydrogens (tertiary/aromatic N) is 6. The summed E-state index contributed by atoms with van der Waals surface area (Å²) in [7, 11) is 0. The lowest BCUT2D eigenvalue weighted by molar-refractivity contribution is -0.128. The number of piperazine rings is 1. The molecule has 1 aliphatic heterocycles. The number of nitrogens with one attached hydrogen (secondary N) is 1.